The molecule has 0 unspecified atom stereocenters. The van der Waals surface area contributed by atoms with E-state index in [2.05, 4.69) is 11.4 Å². The molecule has 0 spiro atoms. The van der Waals surface area contributed by atoms with Crippen molar-refractivity contribution in [3.8, 4) is 11.8 Å². The largest absolute Gasteiger partial charge is 0.492 e. The normalized spacial score (nSPS) is 9.85. The molecule has 2 aromatic carbocycles. The van der Waals surface area contributed by atoms with Gasteiger partial charge in [-0.2, -0.15) is 5.26 Å². The third-order valence-electron chi connectivity index (χ3n) is 2.97. The van der Waals surface area contributed by atoms with Crippen molar-refractivity contribution in [1.82, 2.24) is 0 Å². The van der Waals surface area contributed by atoms with E-state index in [-0.39, 0.29) is 0 Å². The molecule has 1 N–H and O–H groups in total. The van der Waals surface area contributed by atoms with E-state index in [4.69, 9.17) is 10.00 Å². The Morgan fingerprint density at radius 1 is 1.10 bits per heavy atom. The molecule has 2 aromatic rings. The van der Waals surface area contributed by atoms with Crippen LogP contribution in [0.25, 0.3) is 0 Å². The second kappa shape index (κ2) is 6.63. The lowest BCUT2D eigenvalue weighted by molar-refractivity contribution is 0.332. The number of nitriles is 1. The van der Waals surface area contributed by atoms with Crippen molar-refractivity contribution in [1.29, 1.82) is 5.26 Å². The molecule has 2 rings (SSSR count). The van der Waals surface area contributed by atoms with Crippen molar-refractivity contribution >= 4 is 5.69 Å². The maximum atomic E-state index is 9.09. The van der Waals surface area contributed by atoms with Crippen LogP contribution in [-0.4, -0.2) is 13.2 Å². The molecule has 0 amide bonds. The summed E-state index contributed by atoms with van der Waals surface area (Å²) in [6, 6.07) is 16.0. The maximum Gasteiger partial charge on any atom is 0.119 e. The monoisotopic (exact) mass is 266 g/mol. The Morgan fingerprint density at radius 3 is 2.65 bits per heavy atom. The molecule has 3 nitrogen and oxygen atoms in total. The van der Waals surface area contributed by atoms with Crippen LogP contribution in [-0.2, 0) is 0 Å². The van der Waals surface area contributed by atoms with Gasteiger partial charge in [0.15, 0.2) is 0 Å². The first-order chi connectivity index (χ1) is 9.69. The summed E-state index contributed by atoms with van der Waals surface area (Å²) in [7, 11) is 0. The van der Waals surface area contributed by atoms with E-state index in [0.29, 0.717) is 18.7 Å². The molecular formula is C17H18N2O. The average molecular weight is 266 g/mol. The van der Waals surface area contributed by atoms with Gasteiger partial charge in [-0.25, -0.2) is 0 Å². The highest BCUT2D eigenvalue weighted by Crippen LogP contribution is 2.16. The van der Waals surface area contributed by atoms with Crippen molar-refractivity contribution < 1.29 is 4.74 Å². The van der Waals surface area contributed by atoms with Gasteiger partial charge < -0.3 is 10.1 Å². The molecule has 0 fully saturated rings. The number of benzene rings is 2. The second-order valence-corrected chi connectivity index (χ2v) is 4.75. The number of rotatable bonds is 5. The number of ether oxygens (including phenoxy) is 1. The lowest BCUT2D eigenvalue weighted by atomic mass is 10.1. The number of nitrogens with one attached hydrogen (secondary N) is 1. The standard InChI is InChI=1S/C17H18N2O/c1-13-4-3-5-16(11-13)20-9-8-19-17-7-6-14(2)10-15(17)12-18/h3-7,10-11,19H,8-9H2,1-2H3. The molecule has 0 aliphatic carbocycles. The fourth-order valence-electron chi connectivity index (χ4n) is 1.96. The molecule has 0 saturated carbocycles. The summed E-state index contributed by atoms with van der Waals surface area (Å²) in [6.07, 6.45) is 0. The van der Waals surface area contributed by atoms with E-state index in [1.165, 1.54) is 5.56 Å². The quantitative estimate of drug-likeness (QED) is 0.840. The minimum atomic E-state index is 0.558. The number of hydrogen-bond acceptors (Lipinski definition) is 3. The molecule has 0 saturated heterocycles. The molecule has 0 atom stereocenters. The molecule has 0 heterocycles. The van der Waals surface area contributed by atoms with E-state index in [1.807, 2.05) is 56.3 Å². The van der Waals surface area contributed by atoms with Crippen LogP contribution < -0.4 is 10.1 Å². The fraction of sp³-hybridized carbons (Fsp3) is 0.235. The summed E-state index contributed by atoms with van der Waals surface area (Å²) >= 11 is 0. The molecule has 0 aromatic heterocycles. The van der Waals surface area contributed by atoms with Crippen LogP contribution in [0.2, 0.25) is 0 Å². The van der Waals surface area contributed by atoms with E-state index >= 15 is 0 Å². The van der Waals surface area contributed by atoms with Crippen molar-refractivity contribution in [2.45, 2.75) is 13.8 Å². The highest BCUT2D eigenvalue weighted by atomic mass is 16.5. The van der Waals surface area contributed by atoms with Gasteiger partial charge in [0.1, 0.15) is 18.4 Å². The Morgan fingerprint density at radius 2 is 1.90 bits per heavy atom. The van der Waals surface area contributed by atoms with Gasteiger partial charge in [-0.3, -0.25) is 0 Å². The molecule has 0 aliphatic rings. The highest BCUT2D eigenvalue weighted by Gasteiger charge is 2.01. The van der Waals surface area contributed by atoms with Crippen LogP contribution in [0.1, 0.15) is 16.7 Å². The molecule has 20 heavy (non-hydrogen) atoms. The summed E-state index contributed by atoms with van der Waals surface area (Å²) in [4.78, 5) is 0. The zero-order valence-electron chi connectivity index (χ0n) is 11.8. The van der Waals surface area contributed by atoms with Crippen LogP contribution in [0, 0.1) is 25.2 Å². The van der Waals surface area contributed by atoms with Crippen LogP contribution >= 0.6 is 0 Å². The minimum Gasteiger partial charge on any atom is -0.492 e. The van der Waals surface area contributed by atoms with Crippen molar-refractivity contribution in [2.75, 3.05) is 18.5 Å². The molecular weight excluding hydrogens is 248 g/mol. The lowest BCUT2D eigenvalue weighted by Crippen LogP contribution is -2.12. The molecule has 3 heteroatoms. The summed E-state index contributed by atoms with van der Waals surface area (Å²) in [5.74, 6) is 0.871. The Hall–Kier alpha value is -2.47. The number of nitrogens with zero attached hydrogens (tertiary/aromatic N) is 1. The molecule has 102 valence electrons. The fourth-order valence-corrected chi connectivity index (χ4v) is 1.96. The van der Waals surface area contributed by atoms with Crippen LogP contribution in [0.15, 0.2) is 42.5 Å². The zero-order valence-corrected chi connectivity index (χ0v) is 11.8. The van der Waals surface area contributed by atoms with Crippen molar-refractivity contribution in [3.05, 3.63) is 59.2 Å². The Labute approximate surface area is 119 Å². The van der Waals surface area contributed by atoms with Gasteiger partial charge in [0.2, 0.25) is 0 Å². The SMILES string of the molecule is Cc1cccc(OCCNc2ccc(C)cc2C#N)c1. The summed E-state index contributed by atoms with van der Waals surface area (Å²) in [5.41, 5.74) is 3.79. The molecule has 0 aliphatic heterocycles. The Bertz CT molecular complexity index is 629. The van der Waals surface area contributed by atoms with Gasteiger partial charge >= 0.3 is 0 Å². The van der Waals surface area contributed by atoms with Gasteiger partial charge in [-0.05, 0) is 49.2 Å². The second-order valence-electron chi connectivity index (χ2n) is 4.75. The number of hydrogen-bond donors (Lipinski definition) is 1. The highest BCUT2D eigenvalue weighted by molar-refractivity contribution is 5.58. The van der Waals surface area contributed by atoms with Crippen LogP contribution in [0.4, 0.5) is 5.69 Å². The van der Waals surface area contributed by atoms with Crippen LogP contribution in [0.5, 0.6) is 5.75 Å². The predicted molar refractivity (Wildman–Crippen MR) is 81.1 cm³/mol. The molecule has 0 bridgehead atoms. The third-order valence-corrected chi connectivity index (χ3v) is 2.97. The summed E-state index contributed by atoms with van der Waals surface area (Å²) in [5, 5.41) is 12.3. The first-order valence-corrected chi connectivity index (χ1v) is 6.63. The summed E-state index contributed by atoms with van der Waals surface area (Å²) < 4.78 is 5.66. The van der Waals surface area contributed by atoms with Gasteiger partial charge in [0, 0.05) is 6.54 Å². The van der Waals surface area contributed by atoms with Gasteiger partial charge in [-0.1, -0.05) is 18.2 Å². The van der Waals surface area contributed by atoms with Crippen molar-refractivity contribution in [3.63, 3.8) is 0 Å². The van der Waals surface area contributed by atoms with Crippen LogP contribution in [0.3, 0.4) is 0 Å². The Balaban J connectivity index is 1.86. The number of anilines is 1. The smallest absolute Gasteiger partial charge is 0.119 e. The zero-order chi connectivity index (χ0) is 14.4. The maximum absolute atomic E-state index is 9.09. The van der Waals surface area contributed by atoms with Crippen molar-refractivity contribution in [2.24, 2.45) is 0 Å². The Kier molecular flexibility index (Phi) is 4.62. The first kappa shape index (κ1) is 14.0. The van der Waals surface area contributed by atoms with E-state index in [9.17, 15) is 0 Å². The van der Waals surface area contributed by atoms with E-state index < -0.39 is 0 Å². The topological polar surface area (TPSA) is 45.0 Å². The number of aryl methyl sites for hydroxylation is 2. The molecule has 0 radical (unpaired) electrons. The lowest BCUT2D eigenvalue weighted by Gasteiger charge is -2.10. The predicted octanol–water partition coefficient (Wildman–Crippen LogP) is 3.67. The average Bonchev–Trinajstić information content (AvgIpc) is 2.45. The van der Waals surface area contributed by atoms with Gasteiger partial charge in [0.05, 0.1) is 11.3 Å². The third kappa shape index (κ3) is 3.76. The van der Waals surface area contributed by atoms with E-state index in [1.54, 1.807) is 0 Å². The van der Waals surface area contributed by atoms with Gasteiger partial charge in [-0.15, -0.1) is 0 Å². The first-order valence-electron chi connectivity index (χ1n) is 6.63. The van der Waals surface area contributed by atoms with E-state index in [0.717, 1.165) is 17.0 Å². The summed E-state index contributed by atoms with van der Waals surface area (Å²) in [6.45, 7) is 5.23. The van der Waals surface area contributed by atoms with Gasteiger partial charge in [0.25, 0.3) is 0 Å². The minimum absolute atomic E-state index is 0.558.